The van der Waals surface area contributed by atoms with Gasteiger partial charge in [-0.15, -0.1) is 16.4 Å². The summed E-state index contributed by atoms with van der Waals surface area (Å²) in [6, 6.07) is 9.58. The number of nitrogens with one attached hydrogen (secondary N) is 1. The van der Waals surface area contributed by atoms with Gasteiger partial charge in [0.1, 0.15) is 11.5 Å². The number of carbonyl (C=O) groups is 1. The van der Waals surface area contributed by atoms with Crippen LogP contribution in [0.2, 0.25) is 0 Å². The van der Waals surface area contributed by atoms with E-state index in [4.69, 9.17) is 18.0 Å². The van der Waals surface area contributed by atoms with Gasteiger partial charge in [0.15, 0.2) is 5.78 Å². The normalized spacial score (nSPS) is 10.8. The molecule has 3 rings (SSSR count). The highest BCUT2D eigenvalue weighted by molar-refractivity contribution is 7.71. The number of nitrogens with zero attached hydrogens (tertiary/aromatic N) is 3. The van der Waals surface area contributed by atoms with Crippen LogP contribution in [-0.2, 0) is 6.54 Å². The van der Waals surface area contributed by atoms with Crippen LogP contribution in [0.15, 0.2) is 35.7 Å². The number of carbonyl (C=O) groups excluding carboxylic acids is 1. The molecule has 6 nitrogen and oxygen atoms in total. The van der Waals surface area contributed by atoms with Gasteiger partial charge in [-0.05, 0) is 55.7 Å². The smallest absolute Gasteiger partial charge is 0.240 e. The van der Waals surface area contributed by atoms with E-state index in [0.717, 1.165) is 16.1 Å². The Morgan fingerprint density at radius 3 is 2.67 bits per heavy atom. The molecular formula is C16H17N5OS2. The van der Waals surface area contributed by atoms with E-state index < -0.39 is 0 Å². The lowest BCUT2D eigenvalue weighted by molar-refractivity contribution is 0.0967. The first-order chi connectivity index (χ1) is 11.4. The van der Waals surface area contributed by atoms with Gasteiger partial charge in [-0.3, -0.25) is 10.2 Å². The summed E-state index contributed by atoms with van der Waals surface area (Å²) in [5.41, 5.74) is 11.7. The minimum Gasteiger partial charge on any atom is -0.366 e. The number of anilines is 2. The third-order valence-corrected chi connectivity index (χ3v) is 4.61. The molecule has 3 N–H and O–H groups in total. The Morgan fingerprint density at radius 1 is 1.33 bits per heavy atom. The van der Waals surface area contributed by atoms with Gasteiger partial charge >= 0.3 is 0 Å². The number of thiophene rings is 1. The Balaban J connectivity index is 1.85. The lowest BCUT2D eigenvalue weighted by atomic mass is 10.0. The number of hydrogen-bond donors (Lipinski definition) is 2. The summed E-state index contributed by atoms with van der Waals surface area (Å²) in [4.78, 5) is 12.5. The van der Waals surface area contributed by atoms with Crippen molar-refractivity contribution in [3.05, 3.63) is 57.2 Å². The molecule has 0 saturated heterocycles. The molecular weight excluding hydrogens is 342 g/mol. The predicted octanol–water partition coefficient (Wildman–Crippen LogP) is 3.43. The Labute approximate surface area is 148 Å². The van der Waals surface area contributed by atoms with E-state index in [1.165, 1.54) is 20.7 Å². The molecule has 8 heteroatoms. The predicted molar refractivity (Wildman–Crippen MR) is 99.0 cm³/mol. The summed E-state index contributed by atoms with van der Waals surface area (Å²) in [6.07, 6.45) is 0. The van der Waals surface area contributed by atoms with Crippen molar-refractivity contribution in [1.82, 2.24) is 14.5 Å². The zero-order valence-electron chi connectivity index (χ0n) is 13.3. The maximum absolute atomic E-state index is 12.5. The largest absolute Gasteiger partial charge is 0.366 e. The van der Waals surface area contributed by atoms with Crippen molar-refractivity contribution >= 4 is 40.3 Å². The maximum atomic E-state index is 12.5. The highest BCUT2D eigenvalue weighted by Gasteiger charge is 2.13. The van der Waals surface area contributed by atoms with Gasteiger partial charge in [-0.1, -0.05) is 17.2 Å². The van der Waals surface area contributed by atoms with Gasteiger partial charge < -0.3 is 5.73 Å². The van der Waals surface area contributed by atoms with Crippen LogP contribution < -0.4 is 11.2 Å². The molecule has 0 aliphatic carbocycles. The summed E-state index contributed by atoms with van der Waals surface area (Å²) in [5, 5.41) is 7.00. The summed E-state index contributed by atoms with van der Waals surface area (Å²) in [6.45, 7) is 3.98. The molecule has 0 amide bonds. The highest BCUT2D eigenvalue weighted by Crippen LogP contribution is 2.17. The molecule has 2 heterocycles. The number of ketones is 1. The highest BCUT2D eigenvalue weighted by atomic mass is 32.1. The summed E-state index contributed by atoms with van der Waals surface area (Å²) < 4.78 is 3.28. The van der Waals surface area contributed by atoms with Crippen LogP contribution in [0.1, 0.15) is 21.5 Å². The van der Waals surface area contributed by atoms with Crippen molar-refractivity contribution in [2.75, 3.05) is 11.2 Å². The van der Waals surface area contributed by atoms with Crippen LogP contribution in [0.4, 0.5) is 10.9 Å². The minimum absolute atomic E-state index is 0.0467. The fraction of sp³-hybridized carbons (Fsp3) is 0.188. The second kappa shape index (κ2) is 6.58. The van der Waals surface area contributed by atoms with E-state index in [1.54, 1.807) is 0 Å². The summed E-state index contributed by atoms with van der Waals surface area (Å²) >= 11 is 6.90. The number of nitrogens with two attached hydrogens (primary N) is 1. The quantitative estimate of drug-likeness (QED) is 0.539. The molecule has 0 aliphatic heterocycles. The van der Waals surface area contributed by atoms with Gasteiger partial charge in [0.05, 0.1) is 0 Å². The molecule has 1 aromatic carbocycles. The molecule has 0 radical (unpaired) electrons. The number of hydrogen-bond acceptors (Lipinski definition) is 6. The molecule has 0 spiro atoms. The monoisotopic (exact) mass is 359 g/mol. The van der Waals surface area contributed by atoms with Crippen molar-refractivity contribution in [2.24, 2.45) is 0 Å². The molecule has 0 saturated carbocycles. The third kappa shape index (κ3) is 3.39. The van der Waals surface area contributed by atoms with Crippen molar-refractivity contribution < 1.29 is 4.79 Å². The number of nitrogen functional groups attached to an aromatic ring is 1. The SMILES string of the molecule is Cc1cc(C)cc(C(=O)Cn2nc(N)n(Nc3cccs3)c2=S)c1. The standard InChI is InChI=1S/C16H17N5OS2/c1-10-6-11(2)8-12(7-10)13(22)9-20-16(23)21(15(17)19-20)18-14-4-3-5-24-14/h3-8,18H,9H2,1-2H3,(H2,17,19). The number of rotatable bonds is 5. The second-order valence-corrected chi connectivity index (χ2v) is 6.84. The molecule has 0 aliphatic rings. The van der Waals surface area contributed by atoms with E-state index in [-0.39, 0.29) is 18.3 Å². The fourth-order valence-electron chi connectivity index (χ4n) is 2.45. The Kier molecular flexibility index (Phi) is 4.50. The van der Waals surface area contributed by atoms with Crippen LogP contribution in [0.5, 0.6) is 0 Å². The molecule has 124 valence electrons. The maximum Gasteiger partial charge on any atom is 0.240 e. The van der Waals surface area contributed by atoms with Gasteiger partial charge in [0.2, 0.25) is 10.7 Å². The third-order valence-electron chi connectivity index (χ3n) is 3.44. The zero-order chi connectivity index (χ0) is 17.3. The second-order valence-electron chi connectivity index (χ2n) is 5.52. The van der Waals surface area contributed by atoms with Gasteiger partial charge in [0.25, 0.3) is 0 Å². The van der Waals surface area contributed by atoms with Gasteiger partial charge in [-0.25, -0.2) is 4.68 Å². The molecule has 2 aromatic heterocycles. The van der Waals surface area contributed by atoms with Crippen LogP contribution >= 0.6 is 23.6 Å². The van der Waals surface area contributed by atoms with Crippen molar-refractivity contribution in [2.45, 2.75) is 20.4 Å². The summed E-state index contributed by atoms with van der Waals surface area (Å²) in [5.74, 6) is 0.153. The van der Waals surface area contributed by atoms with Crippen molar-refractivity contribution in [3.63, 3.8) is 0 Å². The van der Waals surface area contributed by atoms with Crippen molar-refractivity contribution in [3.8, 4) is 0 Å². The van der Waals surface area contributed by atoms with E-state index in [9.17, 15) is 4.79 Å². The number of aryl methyl sites for hydroxylation is 2. The molecule has 24 heavy (non-hydrogen) atoms. The van der Waals surface area contributed by atoms with E-state index >= 15 is 0 Å². The Hall–Kier alpha value is -2.45. The first kappa shape index (κ1) is 16.4. The molecule has 3 aromatic rings. The zero-order valence-corrected chi connectivity index (χ0v) is 14.9. The van der Waals surface area contributed by atoms with Crippen LogP contribution in [-0.4, -0.2) is 20.2 Å². The van der Waals surface area contributed by atoms with Gasteiger partial charge in [-0.2, -0.15) is 4.68 Å². The Morgan fingerprint density at radius 2 is 2.04 bits per heavy atom. The molecule has 0 fully saturated rings. The van der Waals surface area contributed by atoms with E-state index in [1.807, 2.05) is 49.6 Å². The average Bonchev–Trinajstić information content (AvgIpc) is 3.11. The Bertz CT molecular complexity index is 920. The number of aromatic nitrogens is 3. The summed E-state index contributed by atoms with van der Waals surface area (Å²) in [7, 11) is 0. The lowest BCUT2D eigenvalue weighted by Gasteiger charge is -2.05. The number of benzene rings is 1. The van der Waals surface area contributed by atoms with E-state index in [2.05, 4.69) is 10.5 Å². The first-order valence-corrected chi connectivity index (χ1v) is 8.60. The fourth-order valence-corrected chi connectivity index (χ4v) is 3.30. The average molecular weight is 359 g/mol. The lowest BCUT2D eigenvalue weighted by Crippen LogP contribution is -2.14. The van der Waals surface area contributed by atoms with Gasteiger partial charge in [0, 0.05) is 5.56 Å². The molecule has 0 bridgehead atoms. The van der Waals surface area contributed by atoms with Crippen LogP contribution in [0, 0.1) is 18.6 Å². The molecule has 0 unspecified atom stereocenters. The first-order valence-electron chi connectivity index (χ1n) is 7.31. The minimum atomic E-state index is -0.0568. The van der Waals surface area contributed by atoms with E-state index in [0.29, 0.717) is 10.3 Å². The molecule has 0 atom stereocenters. The van der Waals surface area contributed by atoms with Crippen molar-refractivity contribution in [1.29, 1.82) is 0 Å². The van der Waals surface area contributed by atoms with Crippen LogP contribution in [0.25, 0.3) is 0 Å². The number of Topliss-reactive ketones (excluding diaryl/α,β-unsaturated/α-hetero) is 1. The topological polar surface area (TPSA) is 77.9 Å². The van der Waals surface area contributed by atoms with Crippen LogP contribution in [0.3, 0.4) is 0 Å².